The molecule has 30 heavy (non-hydrogen) atoms. The van der Waals surface area contributed by atoms with Gasteiger partial charge in [0.2, 0.25) is 10.0 Å². The molecule has 1 aromatic heterocycles. The number of nitrogens with zero attached hydrogens (tertiary/aromatic N) is 2. The van der Waals surface area contributed by atoms with Crippen molar-refractivity contribution in [2.75, 3.05) is 13.1 Å². The Morgan fingerprint density at radius 1 is 0.967 bits per heavy atom. The second kappa shape index (κ2) is 7.88. The van der Waals surface area contributed by atoms with Crippen molar-refractivity contribution >= 4 is 20.9 Å². The van der Waals surface area contributed by atoms with Crippen LogP contribution in [0.1, 0.15) is 18.4 Å². The lowest BCUT2D eigenvalue weighted by molar-refractivity contribution is -0.137. The van der Waals surface area contributed by atoms with Crippen LogP contribution in [0.2, 0.25) is 0 Å². The van der Waals surface area contributed by atoms with Gasteiger partial charge in [0, 0.05) is 24.7 Å². The highest BCUT2D eigenvalue weighted by Gasteiger charge is 2.33. The number of ether oxygens (including phenoxy) is 1. The van der Waals surface area contributed by atoms with Gasteiger partial charge in [-0.05, 0) is 49.2 Å². The topological polar surface area (TPSA) is 59.5 Å². The maximum absolute atomic E-state index is 12.8. The molecule has 0 bridgehead atoms. The molecule has 3 aromatic rings. The fraction of sp³-hybridized carbons (Fsp3) is 0.286. The van der Waals surface area contributed by atoms with Crippen LogP contribution in [0.15, 0.2) is 65.7 Å². The van der Waals surface area contributed by atoms with Crippen molar-refractivity contribution in [1.82, 2.24) is 9.29 Å². The number of hydrogen-bond donors (Lipinski definition) is 0. The van der Waals surface area contributed by atoms with E-state index >= 15 is 0 Å². The number of halogens is 3. The van der Waals surface area contributed by atoms with Crippen LogP contribution in [0, 0.1) is 0 Å². The number of piperidine rings is 1. The third-order valence-corrected chi connectivity index (χ3v) is 7.02. The predicted molar refractivity (Wildman–Crippen MR) is 106 cm³/mol. The van der Waals surface area contributed by atoms with Gasteiger partial charge in [-0.2, -0.15) is 17.5 Å². The van der Waals surface area contributed by atoms with Crippen LogP contribution >= 0.6 is 0 Å². The summed E-state index contributed by atoms with van der Waals surface area (Å²) in [5.41, 5.74) is -0.128. The first-order valence-corrected chi connectivity index (χ1v) is 10.9. The van der Waals surface area contributed by atoms with E-state index in [0.29, 0.717) is 18.6 Å². The van der Waals surface area contributed by atoms with Crippen molar-refractivity contribution < 1.29 is 26.3 Å². The molecule has 1 aliphatic rings. The lowest BCUT2D eigenvalue weighted by atomic mass is 10.1. The minimum absolute atomic E-state index is 0.145. The first-order chi connectivity index (χ1) is 14.2. The molecule has 4 rings (SSSR count). The first kappa shape index (κ1) is 20.6. The Hall–Kier alpha value is -2.65. The summed E-state index contributed by atoms with van der Waals surface area (Å²) in [6.45, 7) is 0.457. The molecular weight excluding hydrogens is 417 g/mol. The van der Waals surface area contributed by atoms with Crippen LogP contribution in [0.5, 0.6) is 5.75 Å². The number of pyridine rings is 1. The van der Waals surface area contributed by atoms with Crippen LogP contribution in [-0.2, 0) is 16.2 Å². The van der Waals surface area contributed by atoms with Crippen LogP contribution in [0.25, 0.3) is 10.9 Å². The van der Waals surface area contributed by atoms with Crippen molar-refractivity contribution in [2.24, 2.45) is 0 Å². The molecule has 158 valence electrons. The fourth-order valence-electron chi connectivity index (χ4n) is 3.51. The van der Waals surface area contributed by atoms with E-state index in [0.717, 1.165) is 35.2 Å². The highest BCUT2D eigenvalue weighted by molar-refractivity contribution is 7.89. The summed E-state index contributed by atoms with van der Waals surface area (Å²) in [7, 11) is -3.86. The first-order valence-electron chi connectivity index (χ1n) is 9.43. The number of rotatable bonds is 4. The minimum Gasteiger partial charge on any atom is -0.488 e. The summed E-state index contributed by atoms with van der Waals surface area (Å²) in [5.74, 6) is 0.650. The van der Waals surface area contributed by atoms with Gasteiger partial charge in [-0.1, -0.05) is 18.2 Å². The molecule has 5 nitrogen and oxygen atoms in total. The second-order valence-electron chi connectivity index (χ2n) is 7.07. The molecule has 0 amide bonds. The number of sulfonamides is 1. The largest absolute Gasteiger partial charge is 0.488 e. The molecule has 2 aromatic carbocycles. The zero-order chi connectivity index (χ0) is 21.4. The van der Waals surface area contributed by atoms with Crippen molar-refractivity contribution in [3.63, 3.8) is 0 Å². The third-order valence-electron chi connectivity index (χ3n) is 5.11. The smallest absolute Gasteiger partial charge is 0.416 e. The van der Waals surface area contributed by atoms with Crippen molar-refractivity contribution in [3.8, 4) is 5.75 Å². The molecule has 0 unspecified atom stereocenters. The number of hydrogen-bond acceptors (Lipinski definition) is 4. The molecule has 0 saturated carbocycles. The lowest BCUT2D eigenvalue weighted by Crippen LogP contribution is -2.41. The maximum atomic E-state index is 12.8. The van der Waals surface area contributed by atoms with Gasteiger partial charge >= 0.3 is 6.18 Å². The van der Waals surface area contributed by atoms with E-state index < -0.39 is 21.8 Å². The van der Waals surface area contributed by atoms with Gasteiger partial charge in [-0.3, -0.25) is 4.98 Å². The van der Waals surface area contributed by atoms with Gasteiger partial charge in [0.05, 0.1) is 10.5 Å². The number of aromatic nitrogens is 1. The molecule has 1 fully saturated rings. The standard InChI is InChI=1S/C21H19F3N2O3S/c22-21(23,24)16-6-8-18(9-7-16)30(27,28)26-13-10-17(11-14-26)29-19-5-1-3-15-4-2-12-25-20(15)19/h1-9,12,17H,10-11,13-14H2. The van der Waals surface area contributed by atoms with Crippen molar-refractivity contribution in [3.05, 3.63) is 66.4 Å². The molecule has 9 heteroatoms. The summed E-state index contributed by atoms with van der Waals surface area (Å²) in [4.78, 5) is 4.21. The Labute approximate surface area is 172 Å². The summed E-state index contributed by atoms with van der Waals surface area (Å²) in [6, 6.07) is 13.0. The third kappa shape index (κ3) is 4.13. The number of benzene rings is 2. The van der Waals surface area contributed by atoms with Gasteiger partial charge in [-0.15, -0.1) is 0 Å². The molecule has 0 atom stereocenters. The van der Waals surface area contributed by atoms with E-state index in [4.69, 9.17) is 4.74 Å². The van der Waals surface area contributed by atoms with Crippen LogP contribution in [0.3, 0.4) is 0 Å². The van der Waals surface area contributed by atoms with Gasteiger partial charge in [-0.25, -0.2) is 8.42 Å². The van der Waals surface area contributed by atoms with E-state index in [1.54, 1.807) is 6.20 Å². The van der Waals surface area contributed by atoms with Crippen molar-refractivity contribution in [2.45, 2.75) is 30.0 Å². The molecule has 0 N–H and O–H groups in total. The molecule has 0 radical (unpaired) electrons. The lowest BCUT2D eigenvalue weighted by Gasteiger charge is -2.31. The Balaban J connectivity index is 1.43. The summed E-state index contributed by atoms with van der Waals surface area (Å²) < 4.78 is 71.1. The maximum Gasteiger partial charge on any atom is 0.416 e. The van der Waals surface area contributed by atoms with Crippen LogP contribution in [0.4, 0.5) is 13.2 Å². The quantitative estimate of drug-likeness (QED) is 0.605. The average molecular weight is 436 g/mol. The van der Waals surface area contributed by atoms with Crippen molar-refractivity contribution in [1.29, 1.82) is 0 Å². The monoisotopic (exact) mass is 436 g/mol. The minimum atomic E-state index is -4.51. The Morgan fingerprint density at radius 2 is 1.63 bits per heavy atom. The second-order valence-corrected chi connectivity index (χ2v) is 9.01. The highest BCUT2D eigenvalue weighted by atomic mass is 32.2. The summed E-state index contributed by atoms with van der Waals surface area (Å²) in [5, 5.41) is 0.956. The van der Waals surface area contributed by atoms with E-state index in [1.165, 1.54) is 4.31 Å². The molecule has 2 heterocycles. The molecule has 1 saturated heterocycles. The zero-order valence-electron chi connectivity index (χ0n) is 15.8. The van der Waals surface area contributed by atoms with Crippen LogP contribution in [-0.4, -0.2) is 36.9 Å². The van der Waals surface area contributed by atoms with E-state index in [1.807, 2.05) is 30.3 Å². The normalized spacial score (nSPS) is 16.6. The van der Waals surface area contributed by atoms with Gasteiger partial charge in [0.1, 0.15) is 17.4 Å². The highest BCUT2D eigenvalue weighted by Crippen LogP contribution is 2.31. The van der Waals surface area contributed by atoms with Gasteiger partial charge < -0.3 is 4.74 Å². The predicted octanol–water partition coefficient (Wildman–Crippen LogP) is 4.49. The Bertz CT molecular complexity index is 1130. The molecule has 0 spiro atoms. The summed E-state index contributed by atoms with van der Waals surface area (Å²) >= 11 is 0. The number of fused-ring (bicyclic) bond motifs is 1. The average Bonchev–Trinajstić information content (AvgIpc) is 2.74. The fourth-order valence-corrected chi connectivity index (χ4v) is 4.98. The Morgan fingerprint density at radius 3 is 2.30 bits per heavy atom. The van der Waals surface area contributed by atoms with E-state index in [9.17, 15) is 21.6 Å². The van der Waals surface area contributed by atoms with Crippen LogP contribution < -0.4 is 4.74 Å². The number of para-hydroxylation sites is 1. The number of alkyl halides is 3. The van der Waals surface area contributed by atoms with Gasteiger partial charge in [0.15, 0.2) is 0 Å². The van der Waals surface area contributed by atoms with E-state index in [-0.39, 0.29) is 24.1 Å². The Kier molecular flexibility index (Phi) is 5.42. The summed E-state index contributed by atoms with van der Waals surface area (Å²) in [6.07, 6.45) is -2.04. The zero-order valence-corrected chi connectivity index (χ0v) is 16.7. The SMILES string of the molecule is O=S(=O)(c1ccc(C(F)(F)F)cc1)N1CCC(Oc2cccc3cccnc23)CC1. The van der Waals surface area contributed by atoms with Gasteiger partial charge in [0.25, 0.3) is 0 Å². The molecular formula is C21H19F3N2O3S. The van der Waals surface area contributed by atoms with E-state index in [2.05, 4.69) is 4.98 Å². The molecule has 1 aliphatic heterocycles. The molecule has 0 aliphatic carbocycles.